The second-order valence-electron chi connectivity index (χ2n) is 3.47. The van der Waals surface area contributed by atoms with E-state index in [1.54, 1.807) is 12.1 Å². The summed E-state index contributed by atoms with van der Waals surface area (Å²) < 4.78 is 4.50. The molecule has 0 saturated carbocycles. The van der Waals surface area contributed by atoms with Crippen LogP contribution in [0, 0.1) is 6.92 Å². The second-order valence-corrected chi connectivity index (χ2v) is 3.47. The highest BCUT2D eigenvalue weighted by atomic mass is 16.5. The zero-order valence-corrected chi connectivity index (χ0v) is 9.84. The molecule has 0 unspecified atom stereocenters. The molecule has 1 aromatic heterocycles. The summed E-state index contributed by atoms with van der Waals surface area (Å²) in [5.41, 5.74) is 6.64. The monoisotopic (exact) mass is 237 g/mol. The van der Waals surface area contributed by atoms with Crippen molar-refractivity contribution in [3.05, 3.63) is 24.0 Å². The minimum absolute atomic E-state index is 0.0906. The van der Waals surface area contributed by atoms with E-state index < -0.39 is 12.0 Å². The Bertz CT molecular complexity index is 403. The van der Waals surface area contributed by atoms with Crippen molar-refractivity contribution in [3.63, 3.8) is 0 Å². The molecule has 6 heteroatoms. The van der Waals surface area contributed by atoms with Crippen LogP contribution in [0.25, 0.3) is 0 Å². The number of aryl methyl sites for hydroxylation is 1. The summed E-state index contributed by atoms with van der Waals surface area (Å²) in [4.78, 5) is 27.6. The number of nitrogens with two attached hydrogens (primary N) is 1. The zero-order valence-electron chi connectivity index (χ0n) is 9.84. The Balaban J connectivity index is 2.75. The van der Waals surface area contributed by atoms with Gasteiger partial charge in [0, 0.05) is 12.2 Å². The summed E-state index contributed by atoms with van der Waals surface area (Å²) in [5, 5.41) is 0. The highest BCUT2D eigenvalue weighted by Crippen LogP contribution is 2.13. The number of carbonyl (C=O) groups is 2. The first-order valence-corrected chi connectivity index (χ1v) is 5.11. The summed E-state index contributed by atoms with van der Waals surface area (Å²) in [6, 6.07) is 2.87. The summed E-state index contributed by atoms with van der Waals surface area (Å²) in [5.74, 6) is -0.392. The lowest BCUT2D eigenvalue weighted by molar-refractivity contribution is -0.140. The topological polar surface area (TPSA) is 85.5 Å². The smallest absolute Gasteiger partial charge is 0.319 e. The van der Waals surface area contributed by atoms with Crippen LogP contribution >= 0.6 is 0 Å². The maximum atomic E-state index is 11.3. The molecule has 2 amide bonds. The van der Waals surface area contributed by atoms with Crippen molar-refractivity contribution in [2.24, 2.45) is 5.73 Å². The maximum absolute atomic E-state index is 11.3. The molecule has 92 valence electrons. The third kappa shape index (κ3) is 3.75. The lowest BCUT2D eigenvalue weighted by atomic mass is 10.3. The van der Waals surface area contributed by atoms with Crippen LogP contribution in [0.15, 0.2) is 18.3 Å². The number of amides is 2. The second kappa shape index (κ2) is 5.83. The first-order valence-electron chi connectivity index (χ1n) is 5.11. The van der Waals surface area contributed by atoms with Gasteiger partial charge >= 0.3 is 12.0 Å². The Kier molecular flexibility index (Phi) is 4.45. The van der Waals surface area contributed by atoms with Gasteiger partial charge in [0.2, 0.25) is 0 Å². The quantitative estimate of drug-likeness (QED) is 0.786. The molecule has 0 bridgehead atoms. The van der Waals surface area contributed by atoms with Gasteiger partial charge in [-0.2, -0.15) is 0 Å². The summed E-state index contributed by atoms with van der Waals surface area (Å²) in [7, 11) is 1.30. The standard InChI is InChI=1S/C11H15N3O3/c1-8-3-4-9(7-13-8)14(11(12)16)6-5-10(15)17-2/h3-4,7H,5-6H2,1-2H3,(H2,12,16). The Morgan fingerprint density at radius 1 is 1.47 bits per heavy atom. The van der Waals surface area contributed by atoms with E-state index in [-0.39, 0.29) is 13.0 Å². The number of pyridine rings is 1. The van der Waals surface area contributed by atoms with Crippen LogP contribution in [0.5, 0.6) is 0 Å². The Morgan fingerprint density at radius 3 is 2.65 bits per heavy atom. The summed E-state index contributed by atoms with van der Waals surface area (Å²) in [6.45, 7) is 2.01. The average molecular weight is 237 g/mol. The van der Waals surface area contributed by atoms with E-state index in [0.29, 0.717) is 5.69 Å². The van der Waals surface area contributed by atoms with Crippen LogP contribution in [0.3, 0.4) is 0 Å². The molecule has 0 fully saturated rings. The molecule has 2 N–H and O–H groups in total. The molecule has 17 heavy (non-hydrogen) atoms. The predicted octanol–water partition coefficient (Wildman–Crippen LogP) is 0.838. The Labute approximate surface area is 99.4 Å². The summed E-state index contributed by atoms with van der Waals surface area (Å²) in [6.07, 6.45) is 1.63. The number of esters is 1. The van der Waals surface area contributed by atoms with Gasteiger partial charge in [0.15, 0.2) is 0 Å². The number of nitrogens with zero attached hydrogens (tertiary/aromatic N) is 2. The number of primary amides is 1. The molecule has 1 heterocycles. The fourth-order valence-electron chi connectivity index (χ4n) is 1.29. The van der Waals surface area contributed by atoms with Crippen molar-refractivity contribution >= 4 is 17.7 Å². The third-order valence-electron chi connectivity index (χ3n) is 2.24. The van der Waals surface area contributed by atoms with Gasteiger partial charge in [0.25, 0.3) is 0 Å². The minimum Gasteiger partial charge on any atom is -0.469 e. The lowest BCUT2D eigenvalue weighted by Crippen LogP contribution is -2.37. The number of hydrogen-bond donors (Lipinski definition) is 1. The molecule has 0 aliphatic rings. The third-order valence-corrected chi connectivity index (χ3v) is 2.24. The van der Waals surface area contributed by atoms with Crippen LogP contribution in [0.2, 0.25) is 0 Å². The maximum Gasteiger partial charge on any atom is 0.319 e. The van der Waals surface area contributed by atoms with E-state index in [1.165, 1.54) is 18.2 Å². The molecular formula is C11H15N3O3. The van der Waals surface area contributed by atoms with E-state index >= 15 is 0 Å². The molecular weight excluding hydrogens is 222 g/mol. The number of hydrogen-bond acceptors (Lipinski definition) is 4. The number of methoxy groups -OCH3 is 1. The highest BCUT2D eigenvalue weighted by Gasteiger charge is 2.14. The van der Waals surface area contributed by atoms with E-state index in [4.69, 9.17) is 5.73 Å². The van der Waals surface area contributed by atoms with Crippen LogP contribution in [0.4, 0.5) is 10.5 Å². The normalized spacial score (nSPS) is 9.76. The number of urea groups is 1. The van der Waals surface area contributed by atoms with E-state index in [9.17, 15) is 9.59 Å². The van der Waals surface area contributed by atoms with Crippen LogP contribution < -0.4 is 10.6 Å². The van der Waals surface area contributed by atoms with Crippen molar-refractivity contribution in [2.45, 2.75) is 13.3 Å². The van der Waals surface area contributed by atoms with Gasteiger partial charge in [-0.15, -0.1) is 0 Å². The molecule has 6 nitrogen and oxygen atoms in total. The first kappa shape index (κ1) is 13.0. The predicted molar refractivity (Wildman–Crippen MR) is 62.5 cm³/mol. The number of anilines is 1. The number of aromatic nitrogens is 1. The van der Waals surface area contributed by atoms with Crippen LogP contribution in [0.1, 0.15) is 12.1 Å². The summed E-state index contributed by atoms with van der Waals surface area (Å²) >= 11 is 0. The highest BCUT2D eigenvalue weighted by molar-refractivity contribution is 5.91. The Morgan fingerprint density at radius 2 is 2.18 bits per heavy atom. The first-order chi connectivity index (χ1) is 8.04. The average Bonchev–Trinajstić information content (AvgIpc) is 2.31. The van der Waals surface area contributed by atoms with Gasteiger partial charge in [-0.05, 0) is 19.1 Å². The molecule has 0 aromatic carbocycles. The molecule has 1 rings (SSSR count). The van der Waals surface area contributed by atoms with Gasteiger partial charge in [0.1, 0.15) is 0 Å². The molecule has 0 radical (unpaired) electrons. The SMILES string of the molecule is COC(=O)CCN(C(N)=O)c1ccc(C)nc1. The van der Waals surface area contributed by atoms with Gasteiger partial charge in [-0.1, -0.05) is 0 Å². The fourth-order valence-corrected chi connectivity index (χ4v) is 1.29. The van der Waals surface area contributed by atoms with E-state index in [1.807, 2.05) is 6.92 Å². The van der Waals surface area contributed by atoms with Crippen LogP contribution in [-0.4, -0.2) is 30.6 Å². The van der Waals surface area contributed by atoms with E-state index in [2.05, 4.69) is 9.72 Å². The van der Waals surface area contributed by atoms with Crippen molar-refractivity contribution in [1.29, 1.82) is 0 Å². The molecule has 0 aliphatic heterocycles. The number of rotatable bonds is 4. The number of ether oxygens (including phenoxy) is 1. The minimum atomic E-state index is -0.625. The van der Waals surface area contributed by atoms with Gasteiger partial charge in [0.05, 0.1) is 25.4 Å². The molecule has 0 aliphatic carbocycles. The molecule has 0 spiro atoms. The lowest BCUT2D eigenvalue weighted by Gasteiger charge is -2.19. The van der Waals surface area contributed by atoms with E-state index in [0.717, 1.165) is 5.69 Å². The van der Waals surface area contributed by atoms with Crippen LogP contribution in [-0.2, 0) is 9.53 Å². The van der Waals surface area contributed by atoms with Gasteiger partial charge in [-0.3, -0.25) is 14.7 Å². The van der Waals surface area contributed by atoms with Crippen molar-refractivity contribution in [3.8, 4) is 0 Å². The number of carbonyl (C=O) groups excluding carboxylic acids is 2. The van der Waals surface area contributed by atoms with Gasteiger partial charge < -0.3 is 10.5 Å². The van der Waals surface area contributed by atoms with Crippen molar-refractivity contribution < 1.29 is 14.3 Å². The largest absolute Gasteiger partial charge is 0.469 e. The Hall–Kier alpha value is -2.11. The van der Waals surface area contributed by atoms with Gasteiger partial charge in [-0.25, -0.2) is 4.79 Å². The molecule has 1 aromatic rings. The molecule has 0 saturated heterocycles. The zero-order chi connectivity index (χ0) is 12.8. The fraction of sp³-hybridized carbons (Fsp3) is 0.364. The van der Waals surface area contributed by atoms with Crippen molar-refractivity contribution in [1.82, 2.24) is 4.98 Å². The van der Waals surface area contributed by atoms with Crippen molar-refractivity contribution in [2.75, 3.05) is 18.6 Å². The molecule has 0 atom stereocenters.